The number of thiazole rings is 1. The summed E-state index contributed by atoms with van der Waals surface area (Å²) in [5.74, 6) is 0. The summed E-state index contributed by atoms with van der Waals surface area (Å²) in [5.41, 5.74) is 1.19. The fourth-order valence-corrected chi connectivity index (χ4v) is 3.31. The number of rotatable bonds is 4. The fourth-order valence-electron chi connectivity index (χ4n) is 1.62. The molecule has 4 heteroatoms. The molecular formula is C12H16N2S2. The minimum Gasteiger partial charge on any atom is -0.306 e. The number of aryl methyl sites for hydroxylation is 3. The van der Waals surface area contributed by atoms with Gasteiger partial charge in [0.15, 0.2) is 0 Å². The van der Waals surface area contributed by atoms with Crippen LogP contribution < -0.4 is 5.32 Å². The first-order valence-corrected chi connectivity index (χ1v) is 6.97. The Morgan fingerprint density at radius 1 is 1.12 bits per heavy atom. The van der Waals surface area contributed by atoms with E-state index in [2.05, 4.69) is 43.2 Å². The Kier molecular flexibility index (Phi) is 3.74. The highest BCUT2D eigenvalue weighted by atomic mass is 32.1. The highest BCUT2D eigenvalue weighted by molar-refractivity contribution is 7.12. The number of nitrogens with zero attached hydrogens (tertiary/aromatic N) is 1. The van der Waals surface area contributed by atoms with Gasteiger partial charge in [0.25, 0.3) is 0 Å². The number of aromatic nitrogens is 1. The second-order valence-electron chi connectivity index (χ2n) is 3.85. The molecule has 0 amide bonds. The average molecular weight is 252 g/mol. The molecule has 2 rings (SSSR count). The number of nitrogens with one attached hydrogen (secondary N) is 1. The Morgan fingerprint density at radius 3 is 2.50 bits per heavy atom. The van der Waals surface area contributed by atoms with Crippen LogP contribution in [0.4, 0.5) is 0 Å². The maximum absolute atomic E-state index is 4.51. The average Bonchev–Trinajstić information content (AvgIpc) is 2.74. The lowest BCUT2D eigenvalue weighted by Gasteiger charge is -2.01. The molecule has 0 atom stereocenters. The van der Waals surface area contributed by atoms with Gasteiger partial charge in [-0.05, 0) is 32.9 Å². The van der Waals surface area contributed by atoms with E-state index >= 15 is 0 Å². The van der Waals surface area contributed by atoms with Crippen LogP contribution in [0.1, 0.15) is 25.3 Å². The molecule has 0 aliphatic heterocycles. The van der Waals surface area contributed by atoms with Gasteiger partial charge in [-0.3, -0.25) is 0 Å². The highest BCUT2D eigenvalue weighted by Crippen LogP contribution is 2.17. The zero-order chi connectivity index (χ0) is 11.5. The highest BCUT2D eigenvalue weighted by Gasteiger charge is 2.04. The van der Waals surface area contributed by atoms with E-state index in [-0.39, 0.29) is 0 Å². The first-order valence-electron chi connectivity index (χ1n) is 5.34. The van der Waals surface area contributed by atoms with Gasteiger partial charge in [0, 0.05) is 27.7 Å². The van der Waals surface area contributed by atoms with Crippen LogP contribution in [-0.2, 0) is 13.1 Å². The molecule has 0 aromatic carbocycles. The SMILES string of the molecule is Cc1ccc(CNCc2nc(C)sc2C)s1. The summed E-state index contributed by atoms with van der Waals surface area (Å²) in [6, 6.07) is 4.35. The summed E-state index contributed by atoms with van der Waals surface area (Å²) < 4.78 is 0. The molecule has 0 fully saturated rings. The molecule has 0 spiro atoms. The van der Waals surface area contributed by atoms with Gasteiger partial charge in [0.1, 0.15) is 0 Å². The zero-order valence-corrected chi connectivity index (χ0v) is 11.5. The summed E-state index contributed by atoms with van der Waals surface area (Å²) in [4.78, 5) is 8.60. The van der Waals surface area contributed by atoms with Gasteiger partial charge in [0.2, 0.25) is 0 Å². The largest absolute Gasteiger partial charge is 0.306 e. The third-order valence-electron chi connectivity index (χ3n) is 2.39. The monoisotopic (exact) mass is 252 g/mol. The van der Waals surface area contributed by atoms with Gasteiger partial charge in [-0.2, -0.15) is 0 Å². The van der Waals surface area contributed by atoms with Gasteiger partial charge >= 0.3 is 0 Å². The van der Waals surface area contributed by atoms with Crippen molar-refractivity contribution in [1.82, 2.24) is 10.3 Å². The third-order valence-corrected chi connectivity index (χ3v) is 4.32. The molecule has 0 saturated carbocycles. The Hall–Kier alpha value is -0.710. The van der Waals surface area contributed by atoms with Crippen LogP contribution in [0, 0.1) is 20.8 Å². The molecule has 2 aromatic heterocycles. The van der Waals surface area contributed by atoms with Crippen molar-refractivity contribution in [2.24, 2.45) is 0 Å². The first-order chi connectivity index (χ1) is 7.65. The Balaban J connectivity index is 1.86. The first kappa shape index (κ1) is 11.8. The van der Waals surface area contributed by atoms with Crippen LogP contribution in [-0.4, -0.2) is 4.98 Å². The van der Waals surface area contributed by atoms with Crippen molar-refractivity contribution < 1.29 is 0 Å². The summed E-state index contributed by atoms with van der Waals surface area (Å²) in [5, 5.41) is 4.59. The molecule has 0 bridgehead atoms. The maximum Gasteiger partial charge on any atom is 0.0900 e. The molecule has 2 nitrogen and oxygen atoms in total. The van der Waals surface area contributed by atoms with Crippen LogP contribution >= 0.6 is 22.7 Å². The van der Waals surface area contributed by atoms with E-state index in [4.69, 9.17) is 0 Å². The quantitative estimate of drug-likeness (QED) is 0.902. The van der Waals surface area contributed by atoms with E-state index in [1.165, 1.54) is 20.3 Å². The molecule has 1 N–H and O–H groups in total. The summed E-state index contributed by atoms with van der Waals surface area (Å²) in [6.07, 6.45) is 0. The van der Waals surface area contributed by atoms with Gasteiger partial charge in [-0.15, -0.1) is 22.7 Å². The van der Waals surface area contributed by atoms with Gasteiger partial charge in [-0.1, -0.05) is 0 Å². The molecule has 0 radical (unpaired) electrons. The molecule has 0 unspecified atom stereocenters. The third kappa shape index (κ3) is 2.90. The van der Waals surface area contributed by atoms with Crippen molar-refractivity contribution in [3.8, 4) is 0 Å². The van der Waals surface area contributed by atoms with Crippen molar-refractivity contribution in [2.45, 2.75) is 33.9 Å². The fraction of sp³-hybridized carbons (Fsp3) is 0.417. The topological polar surface area (TPSA) is 24.9 Å². The lowest BCUT2D eigenvalue weighted by Crippen LogP contribution is -2.12. The lowest BCUT2D eigenvalue weighted by atomic mass is 10.3. The Labute approximate surface area is 104 Å². The van der Waals surface area contributed by atoms with E-state index in [1.54, 1.807) is 11.3 Å². The predicted octanol–water partition coefficient (Wildman–Crippen LogP) is 3.42. The van der Waals surface area contributed by atoms with Gasteiger partial charge < -0.3 is 5.32 Å². The summed E-state index contributed by atoms with van der Waals surface area (Å²) in [7, 11) is 0. The van der Waals surface area contributed by atoms with Crippen molar-refractivity contribution in [1.29, 1.82) is 0 Å². The summed E-state index contributed by atoms with van der Waals surface area (Å²) >= 11 is 3.62. The van der Waals surface area contributed by atoms with E-state index in [1.807, 2.05) is 11.3 Å². The molecule has 2 heterocycles. The number of thiophene rings is 1. The number of hydrogen-bond acceptors (Lipinski definition) is 4. The van der Waals surface area contributed by atoms with Crippen LogP contribution in [0.5, 0.6) is 0 Å². The van der Waals surface area contributed by atoms with E-state index < -0.39 is 0 Å². The van der Waals surface area contributed by atoms with E-state index in [9.17, 15) is 0 Å². The van der Waals surface area contributed by atoms with Crippen molar-refractivity contribution in [2.75, 3.05) is 0 Å². The molecule has 2 aromatic rings. The van der Waals surface area contributed by atoms with Gasteiger partial charge in [0.05, 0.1) is 10.7 Å². The normalized spacial score (nSPS) is 10.9. The molecule has 16 heavy (non-hydrogen) atoms. The minimum absolute atomic E-state index is 0.868. The smallest absolute Gasteiger partial charge is 0.0900 e. The van der Waals surface area contributed by atoms with Crippen molar-refractivity contribution >= 4 is 22.7 Å². The van der Waals surface area contributed by atoms with Crippen molar-refractivity contribution in [3.05, 3.63) is 37.5 Å². The molecule has 0 saturated heterocycles. The second kappa shape index (κ2) is 5.08. The molecule has 0 aliphatic carbocycles. The van der Waals surface area contributed by atoms with Crippen LogP contribution in [0.15, 0.2) is 12.1 Å². The van der Waals surface area contributed by atoms with Crippen LogP contribution in [0.3, 0.4) is 0 Å². The molecular weight excluding hydrogens is 236 g/mol. The standard InChI is InChI=1S/C12H16N2S2/c1-8-4-5-11(15-8)6-13-7-12-9(2)16-10(3)14-12/h4-5,13H,6-7H2,1-3H3. The van der Waals surface area contributed by atoms with E-state index in [0.29, 0.717) is 0 Å². The summed E-state index contributed by atoms with van der Waals surface area (Å²) in [6.45, 7) is 8.14. The maximum atomic E-state index is 4.51. The van der Waals surface area contributed by atoms with Crippen LogP contribution in [0.25, 0.3) is 0 Å². The Bertz CT molecular complexity index is 471. The van der Waals surface area contributed by atoms with Crippen LogP contribution in [0.2, 0.25) is 0 Å². The molecule has 86 valence electrons. The Morgan fingerprint density at radius 2 is 1.94 bits per heavy atom. The molecule has 0 aliphatic rings. The number of hydrogen-bond donors (Lipinski definition) is 1. The van der Waals surface area contributed by atoms with E-state index in [0.717, 1.165) is 18.1 Å². The van der Waals surface area contributed by atoms with Gasteiger partial charge in [-0.25, -0.2) is 4.98 Å². The zero-order valence-electron chi connectivity index (χ0n) is 9.83. The second-order valence-corrected chi connectivity index (χ2v) is 6.63. The predicted molar refractivity (Wildman–Crippen MR) is 71.2 cm³/mol. The van der Waals surface area contributed by atoms with Crippen molar-refractivity contribution in [3.63, 3.8) is 0 Å². The minimum atomic E-state index is 0.868. The lowest BCUT2D eigenvalue weighted by molar-refractivity contribution is 0.686.